The second-order valence-corrected chi connectivity index (χ2v) is 5.92. The Kier molecular flexibility index (Phi) is 4.71. The molecule has 0 amide bonds. The van der Waals surface area contributed by atoms with Crippen LogP contribution in [0.4, 0.5) is 16.2 Å². The Labute approximate surface area is 136 Å². The largest absolute Gasteiger partial charge is 0.369 e. The van der Waals surface area contributed by atoms with E-state index in [4.69, 9.17) is 0 Å². The molecule has 0 radical (unpaired) electrons. The highest BCUT2D eigenvalue weighted by Gasteiger charge is 2.18. The van der Waals surface area contributed by atoms with Gasteiger partial charge in [0, 0.05) is 32.7 Å². The van der Waals surface area contributed by atoms with Crippen molar-refractivity contribution in [2.75, 3.05) is 37.4 Å². The Morgan fingerprint density at radius 3 is 2.74 bits per heavy atom. The summed E-state index contributed by atoms with van der Waals surface area (Å²) in [5, 5.41) is 6.78. The molecule has 23 heavy (non-hydrogen) atoms. The van der Waals surface area contributed by atoms with Crippen LogP contribution in [-0.4, -0.2) is 37.2 Å². The van der Waals surface area contributed by atoms with Gasteiger partial charge in [-0.3, -0.25) is 0 Å². The van der Waals surface area contributed by atoms with Crippen molar-refractivity contribution in [2.24, 2.45) is 0 Å². The van der Waals surface area contributed by atoms with E-state index in [0.717, 1.165) is 55.5 Å². The molecule has 0 unspecified atom stereocenters. The molecule has 2 heterocycles. The van der Waals surface area contributed by atoms with Gasteiger partial charge in [-0.05, 0) is 37.1 Å². The van der Waals surface area contributed by atoms with Crippen molar-refractivity contribution >= 4 is 11.8 Å². The van der Waals surface area contributed by atoms with Gasteiger partial charge in [-0.25, -0.2) is 9.37 Å². The molecule has 1 aromatic carbocycles. The summed E-state index contributed by atoms with van der Waals surface area (Å²) < 4.78 is 12.9. The molecule has 6 heteroatoms. The van der Waals surface area contributed by atoms with E-state index >= 15 is 0 Å². The molecule has 1 aliphatic rings. The lowest BCUT2D eigenvalue weighted by atomic mass is 10.1. The zero-order valence-corrected chi connectivity index (χ0v) is 13.6. The van der Waals surface area contributed by atoms with E-state index in [-0.39, 0.29) is 5.82 Å². The third kappa shape index (κ3) is 3.76. The highest BCUT2D eigenvalue weighted by Crippen LogP contribution is 2.22. The maximum atomic E-state index is 12.9. The van der Waals surface area contributed by atoms with Crippen molar-refractivity contribution in [2.45, 2.75) is 19.4 Å². The number of aromatic nitrogens is 2. The zero-order valence-electron chi connectivity index (χ0n) is 13.6. The van der Waals surface area contributed by atoms with Crippen LogP contribution in [0.1, 0.15) is 16.8 Å². The molecule has 0 aliphatic carbocycles. The van der Waals surface area contributed by atoms with E-state index in [1.54, 1.807) is 0 Å². The van der Waals surface area contributed by atoms with Crippen LogP contribution in [-0.2, 0) is 19.4 Å². The second kappa shape index (κ2) is 6.91. The van der Waals surface area contributed by atoms with Gasteiger partial charge in [0.2, 0.25) is 5.95 Å². The Hall–Kier alpha value is -2.21. The molecule has 1 aromatic heterocycles. The molecule has 5 nitrogen and oxygen atoms in total. The van der Waals surface area contributed by atoms with E-state index in [0.29, 0.717) is 0 Å². The van der Waals surface area contributed by atoms with Gasteiger partial charge in [0.05, 0.1) is 5.69 Å². The molecule has 0 atom stereocenters. The first-order valence-electron chi connectivity index (χ1n) is 7.89. The Balaban J connectivity index is 1.73. The maximum absolute atomic E-state index is 12.9. The first-order chi connectivity index (χ1) is 11.1. The molecular formula is C17H22FN5. The minimum absolute atomic E-state index is 0.199. The van der Waals surface area contributed by atoms with Crippen LogP contribution in [0.25, 0.3) is 0 Å². The number of halogens is 1. The van der Waals surface area contributed by atoms with Gasteiger partial charge in [-0.2, -0.15) is 4.98 Å². The summed E-state index contributed by atoms with van der Waals surface area (Å²) in [6.45, 7) is 2.49. The summed E-state index contributed by atoms with van der Waals surface area (Å²) in [4.78, 5) is 11.2. The Morgan fingerprint density at radius 1 is 1.22 bits per heavy atom. The van der Waals surface area contributed by atoms with Crippen LogP contribution in [0.5, 0.6) is 0 Å². The number of anilines is 2. The SMILES string of the molecule is CN(C)c1nc2c(c(NCCc3ccc(F)cc3)n1)CCNC2. The van der Waals surface area contributed by atoms with E-state index < -0.39 is 0 Å². The van der Waals surface area contributed by atoms with Crippen molar-refractivity contribution in [3.05, 3.63) is 46.9 Å². The first kappa shape index (κ1) is 15.7. The van der Waals surface area contributed by atoms with Crippen LogP contribution in [0.2, 0.25) is 0 Å². The monoisotopic (exact) mass is 315 g/mol. The summed E-state index contributed by atoms with van der Waals surface area (Å²) in [6, 6.07) is 6.64. The molecular weight excluding hydrogens is 293 g/mol. The zero-order chi connectivity index (χ0) is 16.2. The van der Waals surface area contributed by atoms with Gasteiger partial charge in [-0.15, -0.1) is 0 Å². The third-order valence-corrected chi connectivity index (χ3v) is 3.94. The fraction of sp³-hybridized carbons (Fsp3) is 0.412. The number of rotatable bonds is 5. The van der Waals surface area contributed by atoms with Crippen molar-refractivity contribution in [3.8, 4) is 0 Å². The summed E-state index contributed by atoms with van der Waals surface area (Å²) in [7, 11) is 3.89. The van der Waals surface area contributed by atoms with E-state index in [2.05, 4.69) is 20.6 Å². The molecule has 2 N–H and O–H groups in total. The lowest BCUT2D eigenvalue weighted by Gasteiger charge is -2.22. The van der Waals surface area contributed by atoms with Gasteiger partial charge in [-0.1, -0.05) is 12.1 Å². The summed E-state index contributed by atoms with van der Waals surface area (Å²) in [6.07, 6.45) is 1.76. The average molecular weight is 315 g/mol. The molecule has 0 bridgehead atoms. The van der Waals surface area contributed by atoms with Gasteiger partial charge in [0.1, 0.15) is 11.6 Å². The number of hydrogen-bond donors (Lipinski definition) is 2. The molecule has 1 aliphatic heterocycles. The molecule has 3 rings (SSSR count). The predicted octanol–water partition coefficient (Wildman–Crippen LogP) is 1.98. The second-order valence-electron chi connectivity index (χ2n) is 5.92. The average Bonchev–Trinajstić information content (AvgIpc) is 2.56. The van der Waals surface area contributed by atoms with Crippen LogP contribution in [0, 0.1) is 5.82 Å². The Morgan fingerprint density at radius 2 is 2.00 bits per heavy atom. The summed E-state index contributed by atoms with van der Waals surface area (Å²) >= 11 is 0. The summed E-state index contributed by atoms with van der Waals surface area (Å²) in [5.74, 6) is 1.44. The van der Waals surface area contributed by atoms with Crippen molar-refractivity contribution in [1.82, 2.24) is 15.3 Å². The van der Waals surface area contributed by atoms with Crippen molar-refractivity contribution < 1.29 is 4.39 Å². The number of fused-ring (bicyclic) bond motifs is 1. The quantitative estimate of drug-likeness (QED) is 0.884. The van der Waals surface area contributed by atoms with Crippen LogP contribution in [0.15, 0.2) is 24.3 Å². The van der Waals surface area contributed by atoms with Gasteiger partial charge in [0.25, 0.3) is 0 Å². The first-order valence-corrected chi connectivity index (χ1v) is 7.89. The minimum Gasteiger partial charge on any atom is -0.369 e. The van der Waals surface area contributed by atoms with Crippen LogP contribution < -0.4 is 15.5 Å². The normalized spacial score (nSPS) is 13.5. The third-order valence-electron chi connectivity index (χ3n) is 3.94. The molecule has 0 spiro atoms. The van der Waals surface area contributed by atoms with E-state index in [9.17, 15) is 4.39 Å². The number of nitrogens with one attached hydrogen (secondary N) is 2. The van der Waals surface area contributed by atoms with Gasteiger partial charge >= 0.3 is 0 Å². The number of benzene rings is 1. The van der Waals surface area contributed by atoms with Gasteiger partial charge in [0.15, 0.2) is 0 Å². The molecule has 2 aromatic rings. The minimum atomic E-state index is -0.199. The molecule has 122 valence electrons. The van der Waals surface area contributed by atoms with E-state index in [1.807, 2.05) is 31.1 Å². The van der Waals surface area contributed by atoms with Crippen LogP contribution in [0.3, 0.4) is 0 Å². The maximum Gasteiger partial charge on any atom is 0.227 e. The van der Waals surface area contributed by atoms with Crippen molar-refractivity contribution in [1.29, 1.82) is 0 Å². The summed E-state index contributed by atoms with van der Waals surface area (Å²) in [5.41, 5.74) is 3.38. The molecule has 0 fully saturated rings. The smallest absolute Gasteiger partial charge is 0.227 e. The van der Waals surface area contributed by atoms with Crippen molar-refractivity contribution in [3.63, 3.8) is 0 Å². The highest BCUT2D eigenvalue weighted by atomic mass is 19.1. The fourth-order valence-corrected chi connectivity index (χ4v) is 2.67. The van der Waals surface area contributed by atoms with Gasteiger partial charge < -0.3 is 15.5 Å². The van der Waals surface area contributed by atoms with Crippen LogP contribution >= 0.6 is 0 Å². The Bertz CT molecular complexity index is 669. The molecule has 0 saturated heterocycles. The fourth-order valence-electron chi connectivity index (χ4n) is 2.67. The standard InChI is InChI=1S/C17H22FN5/c1-23(2)17-21-15-11-19-9-8-14(15)16(22-17)20-10-7-12-3-5-13(18)6-4-12/h3-6,19H,7-11H2,1-2H3,(H,20,21,22). The lowest BCUT2D eigenvalue weighted by Crippen LogP contribution is -2.28. The van der Waals surface area contributed by atoms with E-state index in [1.165, 1.54) is 17.7 Å². The lowest BCUT2D eigenvalue weighted by molar-refractivity contribution is 0.623. The number of hydrogen-bond acceptors (Lipinski definition) is 5. The topological polar surface area (TPSA) is 53.1 Å². The highest BCUT2D eigenvalue weighted by molar-refractivity contribution is 5.52. The molecule has 0 saturated carbocycles. The predicted molar refractivity (Wildman–Crippen MR) is 90.4 cm³/mol. The number of nitrogens with zero attached hydrogens (tertiary/aromatic N) is 3.